The van der Waals surface area contributed by atoms with E-state index in [4.69, 9.17) is 0 Å². The Hall–Kier alpha value is -1.44. The molecule has 0 aliphatic rings. The van der Waals surface area contributed by atoms with Crippen molar-refractivity contribution < 1.29 is 0 Å². The summed E-state index contributed by atoms with van der Waals surface area (Å²) in [5.74, 6) is 0.807. The number of aliphatic imine (C=N–C) groups is 1. The minimum Gasteiger partial charge on any atom is -0.354 e. The maximum atomic E-state index is 4.42. The van der Waals surface area contributed by atoms with E-state index in [1.54, 1.807) is 29.7 Å². The van der Waals surface area contributed by atoms with Gasteiger partial charge in [-0.15, -0.1) is 22.7 Å². The highest BCUT2D eigenvalue weighted by molar-refractivity contribution is 7.11. The van der Waals surface area contributed by atoms with Crippen molar-refractivity contribution in [1.82, 2.24) is 20.5 Å². The summed E-state index contributed by atoms with van der Waals surface area (Å²) in [5.41, 5.74) is 0. The summed E-state index contributed by atoms with van der Waals surface area (Å²) in [4.78, 5) is 13.6. The zero-order valence-corrected chi connectivity index (χ0v) is 15.8. The summed E-state index contributed by atoms with van der Waals surface area (Å²) < 4.78 is 0. The average molecular weight is 352 g/mol. The van der Waals surface area contributed by atoms with Crippen molar-refractivity contribution >= 4 is 28.6 Å². The second-order valence-corrected chi connectivity index (χ2v) is 7.55. The Balaban J connectivity index is 1.86. The van der Waals surface area contributed by atoms with Crippen LogP contribution in [0.2, 0.25) is 0 Å². The van der Waals surface area contributed by atoms with Gasteiger partial charge in [-0.1, -0.05) is 13.0 Å². The Labute approximate surface area is 146 Å². The van der Waals surface area contributed by atoms with Gasteiger partial charge in [0.2, 0.25) is 0 Å². The standard InChI is InChI=1S/C16H25N5S2/c1-5-12-9-18-15(23-12)11-20-16(17-2)19-10-13(21(3)4)14-7-6-8-22-14/h6-9,13H,5,10-11H2,1-4H3,(H2,17,19,20). The quantitative estimate of drug-likeness (QED) is 0.595. The van der Waals surface area contributed by atoms with Gasteiger partial charge >= 0.3 is 0 Å². The topological polar surface area (TPSA) is 52.6 Å². The van der Waals surface area contributed by atoms with Gasteiger partial charge in [-0.25, -0.2) is 4.98 Å². The lowest BCUT2D eigenvalue weighted by Gasteiger charge is -2.24. The zero-order chi connectivity index (χ0) is 16.7. The number of aromatic nitrogens is 1. The third kappa shape index (κ3) is 5.30. The first-order chi connectivity index (χ1) is 11.1. The lowest BCUT2D eigenvalue weighted by molar-refractivity contribution is 0.302. The molecule has 0 aliphatic carbocycles. The Bertz CT molecular complexity index is 604. The Morgan fingerprint density at radius 2 is 2.22 bits per heavy atom. The summed E-state index contributed by atoms with van der Waals surface area (Å²) in [6.45, 7) is 3.67. The molecule has 7 heteroatoms. The summed E-state index contributed by atoms with van der Waals surface area (Å²) in [6.07, 6.45) is 2.99. The molecule has 1 atom stereocenters. The molecule has 2 aromatic heterocycles. The van der Waals surface area contributed by atoms with Gasteiger partial charge in [0.25, 0.3) is 0 Å². The van der Waals surface area contributed by atoms with E-state index in [0.717, 1.165) is 23.9 Å². The summed E-state index contributed by atoms with van der Waals surface area (Å²) in [5, 5.41) is 9.95. The van der Waals surface area contributed by atoms with Gasteiger partial charge in [-0.3, -0.25) is 4.99 Å². The number of thiazole rings is 1. The third-order valence-electron chi connectivity index (χ3n) is 3.54. The molecule has 1 unspecified atom stereocenters. The molecule has 0 spiro atoms. The number of nitrogens with one attached hydrogen (secondary N) is 2. The predicted molar refractivity (Wildman–Crippen MR) is 100 cm³/mol. The van der Waals surface area contributed by atoms with E-state index in [-0.39, 0.29) is 0 Å². The highest BCUT2D eigenvalue weighted by Crippen LogP contribution is 2.22. The molecular formula is C16H25N5S2. The second kappa shape index (κ2) is 9.00. The van der Waals surface area contributed by atoms with Crippen LogP contribution in [-0.4, -0.2) is 43.5 Å². The number of hydrogen-bond donors (Lipinski definition) is 2. The molecular weight excluding hydrogens is 326 g/mol. The van der Waals surface area contributed by atoms with Crippen LogP contribution in [0, 0.1) is 0 Å². The van der Waals surface area contributed by atoms with Crippen LogP contribution in [0.4, 0.5) is 0 Å². The highest BCUT2D eigenvalue weighted by Gasteiger charge is 2.15. The zero-order valence-electron chi connectivity index (χ0n) is 14.2. The van der Waals surface area contributed by atoms with E-state index in [1.807, 2.05) is 6.20 Å². The lowest BCUT2D eigenvalue weighted by Crippen LogP contribution is -2.41. The predicted octanol–water partition coefficient (Wildman–Crippen LogP) is 2.73. The van der Waals surface area contributed by atoms with Gasteiger partial charge in [0, 0.05) is 29.5 Å². The fraction of sp³-hybridized carbons (Fsp3) is 0.500. The number of thiophene rings is 1. The van der Waals surface area contributed by atoms with Crippen LogP contribution >= 0.6 is 22.7 Å². The first-order valence-corrected chi connectivity index (χ1v) is 9.41. The first-order valence-electron chi connectivity index (χ1n) is 7.72. The third-order valence-corrected chi connectivity index (χ3v) is 5.65. The van der Waals surface area contributed by atoms with Gasteiger partial charge in [0.05, 0.1) is 12.6 Å². The van der Waals surface area contributed by atoms with Crippen LogP contribution < -0.4 is 10.6 Å². The lowest BCUT2D eigenvalue weighted by atomic mass is 10.2. The molecule has 0 fully saturated rings. The highest BCUT2D eigenvalue weighted by atomic mass is 32.1. The minimum absolute atomic E-state index is 0.333. The van der Waals surface area contributed by atoms with Crippen LogP contribution in [0.3, 0.4) is 0 Å². The Kier molecular flexibility index (Phi) is 7.01. The molecule has 126 valence electrons. The number of guanidine groups is 1. The smallest absolute Gasteiger partial charge is 0.191 e. The largest absolute Gasteiger partial charge is 0.354 e. The monoisotopic (exact) mass is 351 g/mol. The molecule has 0 aromatic carbocycles. The van der Waals surface area contributed by atoms with Gasteiger partial charge < -0.3 is 15.5 Å². The van der Waals surface area contributed by atoms with E-state index in [0.29, 0.717) is 12.6 Å². The number of likely N-dealkylation sites (N-methyl/N-ethyl adjacent to an activating group) is 1. The molecule has 2 N–H and O–H groups in total. The molecule has 0 saturated carbocycles. The summed E-state index contributed by atoms with van der Waals surface area (Å²) in [7, 11) is 6.00. The van der Waals surface area contributed by atoms with Crippen molar-refractivity contribution in [2.24, 2.45) is 4.99 Å². The van der Waals surface area contributed by atoms with Crippen LogP contribution in [-0.2, 0) is 13.0 Å². The maximum Gasteiger partial charge on any atom is 0.191 e. The van der Waals surface area contributed by atoms with Crippen LogP contribution in [0.1, 0.15) is 27.7 Å². The van der Waals surface area contributed by atoms with E-state index in [1.165, 1.54) is 9.75 Å². The average Bonchev–Trinajstić information content (AvgIpc) is 3.21. The van der Waals surface area contributed by atoms with Crippen molar-refractivity contribution in [1.29, 1.82) is 0 Å². The fourth-order valence-electron chi connectivity index (χ4n) is 2.19. The fourth-order valence-corrected chi connectivity index (χ4v) is 3.91. The molecule has 2 rings (SSSR count). The van der Waals surface area contributed by atoms with Crippen molar-refractivity contribution in [3.05, 3.63) is 38.5 Å². The normalized spacial score (nSPS) is 13.3. The Morgan fingerprint density at radius 1 is 1.39 bits per heavy atom. The molecule has 2 heterocycles. The molecule has 0 aliphatic heterocycles. The minimum atomic E-state index is 0.333. The van der Waals surface area contributed by atoms with Gasteiger partial charge in [-0.2, -0.15) is 0 Å². The Morgan fingerprint density at radius 3 is 2.78 bits per heavy atom. The number of nitrogens with zero attached hydrogens (tertiary/aromatic N) is 3. The summed E-state index contributed by atoms with van der Waals surface area (Å²) >= 11 is 3.53. The molecule has 0 saturated heterocycles. The van der Waals surface area contributed by atoms with Gasteiger partial charge in [0.15, 0.2) is 5.96 Å². The molecule has 0 radical (unpaired) electrons. The first kappa shape index (κ1) is 17.9. The molecule has 2 aromatic rings. The molecule has 0 bridgehead atoms. The van der Waals surface area contributed by atoms with Gasteiger partial charge in [-0.05, 0) is 32.0 Å². The van der Waals surface area contributed by atoms with Crippen LogP contribution in [0.25, 0.3) is 0 Å². The molecule has 0 amide bonds. The molecule has 5 nitrogen and oxygen atoms in total. The van der Waals surface area contributed by atoms with Crippen LogP contribution in [0.15, 0.2) is 28.7 Å². The summed E-state index contributed by atoms with van der Waals surface area (Å²) in [6, 6.07) is 4.60. The number of aryl methyl sites for hydroxylation is 1. The van der Waals surface area contributed by atoms with E-state index >= 15 is 0 Å². The SMILES string of the molecule is CCc1cnc(CNC(=NC)NCC(c2cccs2)N(C)C)s1. The van der Waals surface area contributed by atoms with Crippen molar-refractivity contribution in [3.8, 4) is 0 Å². The van der Waals surface area contributed by atoms with Gasteiger partial charge in [0.1, 0.15) is 5.01 Å². The number of rotatable bonds is 7. The van der Waals surface area contributed by atoms with Crippen molar-refractivity contribution in [2.45, 2.75) is 25.9 Å². The van der Waals surface area contributed by atoms with E-state index < -0.39 is 0 Å². The maximum absolute atomic E-state index is 4.42. The van der Waals surface area contributed by atoms with E-state index in [2.05, 4.69) is 64.0 Å². The second-order valence-electron chi connectivity index (χ2n) is 5.38. The van der Waals surface area contributed by atoms with Crippen LogP contribution in [0.5, 0.6) is 0 Å². The van der Waals surface area contributed by atoms with Crippen molar-refractivity contribution in [2.75, 3.05) is 27.7 Å². The van der Waals surface area contributed by atoms with Crippen molar-refractivity contribution in [3.63, 3.8) is 0 Å². The number of hydrogen-bond acceptors (Lipinski definition) is 5. The van der Waals surface area contributed by atoms with E-state index in [9.17, 15) is 0 Å². The molecule has 23 heavy (non-hydrogen) atoms.